The first kappa shape index (κ1) is 15.3. The number of amides is 1. The number of rotatable bonds is 4. The molecule has 0 aromatic heterocycles. The molecule has 0 atom stereocenters. The van der Waals surface area contributed by atoms with E-state index in [1.807, 2.05) is 17.0 Å². The number of benzene rings is 1. The Balaban J connectivity index is 2.11. The Kier molecular flexibility index (Phi) is 5.44. The van der Waals surface area contributed by atoms with Crippen LogP contribution in [0.2, 0.25) is 5.02 Å². The number of hydrogen-bond acceptors (Lipinski definition) is 2. The zero-order valence-electron chi connectivity index (χ0n) is 12.0. The van der Waals surface area contributed by atoms with Crippen LogP contribution in [0.5, 0.6) is 0 Å². The smallest absolute Gasteiger partial charge is 0.254 e. The van der Waals surface area contributed by atoms with Crippen LogP contribution in [0.3, 0.4) is 0 Å². The lowest BCUT2D eigenvalue weighted by Gasteiger charge is -2.36. The molecule has 1 aliphatic rings. The van der Waals surface area contributed by atoms with Gasteiger partial charge in [0.25, 0.3) is 5.91 Å². The van der Waals surface area contributed by atoms with Gasteiger partial charge < -0.3 is 10.6 Å². The van der Waals surface area contributed by atoms with Crippen LogP contribution < -0.4 is 5.73 Å². The first-order valence-corrected chi connectivity index (χ1v) is 7.81. The molecule has 1 fully saturated rings. The van der Waals surface area contributed by atoms with Gasteiger partial charge in [0.05, 0.1) is 0 Å². The van der Waals surface area contributed by atoms with E-state index in [0.29, 0.717) is 17.1 Å². The largest absolute Gasteiger partial charge is 0.336 e. The summed E-state index contributed by atoms with van der Waals surface area (Å²) in [6.07, 6.45) is 5.03. The molecule has 3 nitrogen and oxygen atoms in total. The van der Waals surface area contributed by atoms with Gasteiger partial charge in [-0.3, -0.25) is 4.79 Å². The van der Waals surface area contributed by atoms with E-state index in [2.05, 4.69) is 6.92 Å². The number of halogens is 1. The third kappa shape index (κ3) is 3.74. The van der Waals surface area contributed by atoms with E-state index in [0.717, 1.165) is 44.2 Å². The van der Waals surface area contributed by atoms with E-state index >= 15 is 0 Å². The molecule has 0 aliphatic heterocycles. The standard InChI is InChI=1S/C16H23ClN2O/c1-2-11-19(15-9-7-14(18)8-10-15)16(20)12-3-5-13(17)6-4-12/h3-6,14-15H,2,7-11,18H2,1H3. The average molecular weight is 295 g/mol. The minimum absolute atomic E-state index is 0.115. The number of carbonyl (C=O) groups excluding carboxylic acids is 1. The molecule has 0 bridgehead atoms. The zero-order valence-corrected chi connectivity index (χ0v) is 12.8. The molecule has 0 unspecified atom stereocenters. The van der Waals surface area contributed by atoms with Gasteiger partial charge in [0.15, 0.2) is 0 Å². The minimum Gasteiger partial charge on any atom is -0.336 e. The van der Waals surface area contributed by atoms with Crippen LogP contribution >= 0.6 is 11.6 Å². The molecule has 1 aliphatic carbocycles. The third-order valence-corrected chi connectivity index (χ3v) is 4.25. The van der Waals surface area contributed by atoms with Crippen molar-refractivity contribution in [2.24, 2.45) is 5.73 Å². The molecular weight excluding hydrogens is 272 g/mol. The summed E-state index contributed by atoms with van der Waals surface area (Å²) in [5.74, 6) is 0.115. The molecule has 110 valence electrons. The van der Waals surface area contributed by atoms with Crippen LogP contribution in [0.15, 0.2) is 24.3 Å². The third-order valence-electron chi connectivity index (χ3n) is 4.00. The topological polar surface area (TPSA) is 46.3 Å². The highest BCUT2D eigenvalue weighted by Gasteiger charge is 2.27. The van der Waals surface area contributed by atoms with Gasteiger partial charge in [0.2, 0.25) is 0 Å². The fourth-order valence-corrected chi connectivity index (χ4v) is 2.99. The number of nitrogens with two attached hydrogens (primary N) is 1. The minimum atomic E-state index is 0.115. The van der Waals surface area contributed by atoms with E-state index in [9.17, 15) is 4.79 Å². The van der Waals surface area contributed by atoms with Crippen molar-refractivity contribution in [3.8, 4) is 0 Å². The monoisotopic (exact) mass is 294 g/mol. The zero-order chi connectivity index (χ0) is 14.5. The molecule has 1 aromatic carbocycles. The van der Waals surface area contributed by atoms with Crippen LogP contribution in [0.25, 0.3) is 0 Å². The lowest BCUT2D eigenvalue weighted by molar-refractivity contribution is 0.0627. The number of carbonyl (C=O) groups is 1. The lowest BCUT2D eigenvalue weighted by atomic mass is 9.90. The Hall–Kier alpha value is -1.06. The second kappa shape index (κ2) is 7.09. The fraction of sp³-hybridized carbons (Fsp3) is 0.562. The second-order valence-electron chi connectivity index (χ2n) is 5.57. The Bertz CT molecular complexity index is 438. The van der Waals surface area contributed by atoms with Crippen LogP contribution in [-0.4, -0.2) is 29.4 Å². The van der Waals surface area contributed by atoms with Crippen molar-refractivity contribution in [2.75, 3.05) is 6.54 Å². The quantitative estimate of drug-likeness (QED) is 0.924. The Morgan fingerprint density at radius 2 is 1.85 bits per heavy atom. The lowest BCUT2D eigenvalue weighted by Crippen LogP contribution is -2.44. The summed E-state index contributed by atoms with van der Waals surface area (Å²) < 4.78 is 0. The van der Waals surface area contributed by atoms with Crippen LogP contribution in [0.1, 0.15) is 49.4 Å². The molecule has 0 saturated heterocycles. The summed E-state index contributed by atoms with van der Waals surface area (Å²) in [7, 11) is 0. The first-order chi connectivity index (χ1) is 9.61. The highest BCUT2D eigenvalue weighted by molar-refractivity contribution is 6.30. The predicted molar refractivity (Wildman–Crippen MR) is 83.0 cm³/mol. The molecule has 0 radical (unpaired) electrons. The van der Waals surface area contributed by atoms with E-state index in [4.69, 9.17) is 17.3 Å². The van der Waals surface area contributed by atoms with Gasteiger partial charge in [0.1, 0.15) is 0 Å². The van der Waals surface area contributed by atoms with Gasteiger partial charge in [-0.15, -0.1) is 0 Å². The van der Waals surface area contributed by atoms with Crippen molar-refractivity contribution in [3.63, 3.8) is 0 Å². The van der Waals surface area contributed by atoms with Crippen molar-refractivity contribution < 1.29 is 4.79 Å². The van der Waals surface area contributed by atoms with Crippen LogP contribution in [0.4, 0.5) is 0 Å². The van der Waals surface area contributed by atoms with Crippen LogP contribution in [-0.2, 0) is 0 Å². The van der Waals surface area contributed by atoms with Gasteiger partial charge in [-0.1, -0.05) is 18.5 Å². The molecule has 0 spiro atoms. The van der Waals surface area contributed by atoms with Crippen molar-refractivity contribution >= 4 is 17.5 Å². The van der Waals surface area contributed by atoms with E-state index in [1.54, 1.807) is 12.1 Å². The normalized spacial score (nSPS) is 22.6. The summed E-state index contributed by atoms with van der Waals surface area (Å²) in [4.78, 5) is 14.7. The van der Waals surface area contributed by atoms with Crippen molar-refractivity contribution in [1.29, 1.82) is 0 Å². The molecule has 4 heteroatoms. The molecular formula is C16H23ClN2O. The summed E-state index contributed by atoms with van der Waals surface area (Å²) >= 11 is 5.88. The van der Waals surface area contributed by atoms with Gasteiger partial charge in [0, 0.05) is 29.2 Å². The van der Waals surface area contributed by atoms with E-state index in [-0.39, 0.29) is 5.91 Å². The summed E-state index contributed by atoms with van der Waals surface area (Å²) in [6.45, 7) is 2.91. The maximum Gasteiger partial charge on any atom is 0.254 e. The predicted octanol–water partition coefficient (Wildman–Crippen LogP) is 3.46. The van der Waals surface area contributed by atoms with Crippen molar-refractivity contribution in [3.05, 3.63) is 34.9 Å². The SMILES string of the molecule is CCCN(C(=O)c1ccc(Cl)cc1)C1CCC(N)CC1. The van der Waals surface area contributed by atoms with E-state index < -0.39 is 0 Å². The number of nitrogens with zero attached hydrogens (tertiary/aromatic N) is 1. The highest BCUT2D eigenvalue weighted by Crippen LogP contribution is 2.24. The summed E-state index contributed by atoms with van der Waals surface area (Å²) in [5.41, 5.74) is 6.68. The Morgan fingerprint density at radius 3 is 2.40 bits per heavy atom. The number of hydrogen-bond donors (Lipinski definition) is 1. The summed E-state index contributed by atoms with van der Waals surface area (Å²) in [6, 6.07) is 7.80. The second-order valence-corrected chi connectivity index (χ2v) is 6.01. The molecule has 0 heterocycles. The summed E-state index contributed by atoms with van der Waals surface area (Å²) in [5, 5.41) is 0.659. The molecule has 20 heavy (non-hydrogen) atoms. The maximum absolute atomic E-state index is 12.7. The molecule has 2 N–H and O–H groups in total. The van der Waals surface area contributed by atoms with Gasteiger partial charge in [-0.2, -0.15) is 0 Å². The van der Waals surface area contributed by atoms with Crippen molar-refractivity contribution in [1.82, 2.24) is 4.90 Å². The van der Waals surface area contributed by atoms with E-state index in [1.165, 1.54) is 0 Å². The Labute approximate surface area is 126 Å². The Morgan fingerprint density at radius 1 is 1.25 bits per heavy atom. The molecule has 1 aromatic rings. The highest BCUT2D eigenvalue weighted by atomic mass is 35.5. The average Bonchev–Trinajstić information content (AvgIpc) is 2.46. The van der Waals surface area contributed by atoms with Crippen molar-refractivity contribution in [2.45, 2.75) is 51.1 Å². The molecule has 2 rings (SSSR count). The molecule has 1 saturated carbocycles. The van der Waals surface area contributed by atoms with Gasteiger partial charge in [-0.05, 0) is 56.4 Å². The fourth-order valence-electron chi connectivity index (χ4n) is 2.86. The maximum atomic E-state index is 12.7. The van der Waals surface area contributed by atoms with Gasteiger partial charge in [-0.25, -0.2) is 0 Å². The van der Waals surface area contributed by atoms with Crippen LogP contribution in [0, 0.1) is 0 Å². The molecule has 1 amide bonds. The first-order valence-electron chi connectivity index (χ1n) is 7.44. The van der Waals surface area contributed by atoms with Gasteiger partial charge >= 0.3 is 0 Å².